The maximum absolute atomic E-state index is 11.6. The topological polar surface area (TPSA) is 61.8 Å². The third kappa shape index (κ3) is 19.1. The Morgan fingerprint density at radius 3 is 1.56 bits per heavy atom. The predicted octanol–water partition coefficient (Wildman–Crippen LogP) is 4.81. The van der Waals surface area contributed by atoms with Gasteiger partial charge in [0.2, 0.25) is 0 Å². The summed E-state index contributed by atoms with van der Waals surface area (Å²) >= 11 is 0. The number of hydrogen-bond donors (Lipinski definition) is 0. The van der Waals surface area contributed by atoms with Gasteiger partial charge in [0, 0.05) is 12.8 Å². The number of hydrogen-bond acceptors (Lipinski definition) is 5. The summed E-state index contributed by atoms with van der Waals surface area (Å²) in [5.74, 6) is -0.348. The van der Waals surface area contributed by atoms with Crippen LogP contribution in [0.2, 0.25) is 0 Å². The van der Waals surface area contributed by atoms with Crippen molar-refractivity contribution in [2.24, 2.45) is 0 Å². The van der Waals surface area contributed by atoms with Gasteiger partial charge in [-0.05, 0) is 12.8 Å². The Morgan fingerprint density at radius 2 is 1.04 bits per heavy atom. The highest BCUT2D eigenvalue weighted by molar-refractivity contribution is 5.69. The molecule has 0 fully saturated rings. The molecular formula is C20H38O5. The second kappa shape index (κ2) is 19.2. The molecule has 0 aromatic carbocycles. The third-order valence-electron chi connectivity index (χ3n) is 3.92. The van der Waals surface area contributed by atoms with Gasteiger partial charge < -0.3 is 14.2 Å². The van der Waals surface area contributed by atoms with Crippen LogP contribution in [-0.4, -0.2) is 38.4 Å². The second-order valence-corrected chi connectivity index (χ2v) is 6.38. The molecule has 0 N–H and O–H groups in total. The molecule has 0 saturated carbocycles. The van der Waals surface area contributed by atoms with Crippen LogP contribution in [0.4, 0.5) is 0 Å². The molecular weight excluding hydrogens is 320 g/mol. The summed E-state index contributed by atoms with van der Waals surface area (Å²) in [5, 5.41) is 0. The number of rotatable bonds is 18. The van der Waals surface area contributed by atoms with Crippen molar-refractivity contribution in [2.75, 3.05) is 26.4 Å². The first-order chi connectivity index (χ1) is 12.2. The Bertz CT molecular complexity index is 317. The maximum Gasteiger partial charge on any atom is 0.305 e. The monoisotopic (exact) mass is 358 g/mol. The van der Waals surface area contributed by atoms with Crippen LogP contribution in [0.1, 0.15) is 90.9 Å². The van der Waals surface area contributed by atoms with E-state index in [0.29, 0.717) is 26.1 Å². The Kier molecular flexibility index (Phi) is 18.4. The van der Waals surface area contributed by atoms with Crippen molar-refractivity contribution in [3.05, 3.63) is 0 Å². The lowest BCUT2D eigenvalue weighted by atomic mass is 10.1. The molecule has 5 nitrogen and oxygen atoms in total. The van der Waals surface area contributed by atoms with Gasteiger partial charge >= 0.3 is 11.9 Å². The average molecular weight is 359 g/mol. The van der Waals surface area contributed by atoms with Crippen molar-refractivity contribution >= 4 is 11.9 Å². The molecule has 0 radical (unpaired) electrons. The molecule has 0 aromatic rings. The molecule has 0 aliphatic carbocycles. The summed E-state index contributed by atoms with van der Waals surface area (Å²) in [5.41, 5.74) is 0. The van der Waals surface area contributed by atoms with E-state index in [4.69, 9.17) is 14.2 Å². The standard InChI is InChI=1S/C20H38O5/c1-3-5-6-7-8-9-10-11-12-14-20(22)25-18-16-23-15-17-24-19(21)13-4-2/h3-18H2,1-2H3. The first-order valence-corrected chi connectivity index (χ1v) is 10.1. The minimum atomic E-state index is -0.196. The summed E-state index contributed by atoms with van der Waals surface area (Å²) in [6.07, 6.45) is 12.9. The second-order valence-electron chi connectivity index (χ2n) is 6.38. The summed E-state index contributed by atoms with van der Waals surface area (Å²) in [7, 11) is 0. The van der Waals surface area contributed by atoms with E-state index in [1.807, 2.05) is 6.92 Å². The summed E-state index contributed by atoms with van der Waals surface area (Å²) in [6.45, 7) is 5.36. The average Bonchev–Trinajstić information content (AvgIpc) is 2.59. The fourth-order valence-corrected chi connectivity index (χ4v) is 2.46. The van der Waals surface area contributed by atoms with Crippen molar-refractivity contribution in [3.63, 3.8) is 0 Å². The normalized spacial score (nSPS) is 10.6. The predicted molar refractivity (Wildman–Crippen MR) is 99.5 cm³/mol. The zero-order chi connectivity index (χ0) is 18.6. The van der Waals surface area contributed by atoms with E-state index < -0.39 is 0 Å². The van der Waals surface area contributed by atoms with Crippen LogP contribution in [0.3, 0.4) is 0 Å². The maximum atomic E-state index is 11.6. The Balaban J connectivity index is 3.22. The van der Waals surface area contributed by atoms with Gasteiger partial charge in [0.15, 0.2) is 0 Å². The zero-order valence-corrected chi connectivity index (χ0v) is 16.4. The van der Waals surface area contributed by atoms with Gasteiger partial charge in [0.1, 0.15) is 13.2 Å². The molecule has 0 atom stereocenters. The van der Waals surface area contributed by atoms with E-state index in [1.54, 1.807) is 0 Å². The lowest BCUT2D eigenvalue weighted by molar-refractivity contribution is -0.146. The first-order valence-electron chi connectivity index (χ1n) is 10.1. The first kappa shape index (κ1) is 23.9. The molecule has 0 amide bonds. The third-order valence-corrected chi connectivity index (χ3v) is 3.92. The molecule has 0 aromatic heterocycles. The van der Waals surface area contributed by atoms with Gasteiger partial charge in [0.05, 0.1) is 13.2 Å². The molecule has 0 bridgehead atoms. The molecule has 0 saturated heterocycles. The highest BCUT2D eigenvalue weighted by Crippen LogP contribution is 2.10. The minimum absolute atomic E-state index is 0.152. The number of unbranched alkanes of at least 4 members (excludes halogenated alkanes) is 8. The van der Waals surface area contributed by atoms with Crippen LogP contribution in [0.25, 0.3) is 0 Å². The SMILES string of the molecule is CCCCCCCCCCCC(=O)OCCOCCOC(=O)CCC. The van der Waals surface area contributed by atoms with Crippen LogP contribution in [0.15, 0.2) is 0 Å². The molecule has 0 rings (SSSR count). The van der Waals surface area contributed by atoms with Gasteiger partial charge in [-0.15, -0.1) is 0 Å². The van der Waals surface area contributed by atoms with Crippen molar-refractivity contribution in [3.8, 4) is 0 Å². The summed E-state index contributed by atoms with van der Waals surface area (Å²) < 4.78 is 15.3. The molecule has 0 aliphatic heterocycles. The Labute approximate surface area is 153 Å². The number of carbonyl (C=O) groups excluding carboxylic acids is 2. The van der Waals surface area contributed by atoms with Gasteiger partial charge in [-0.3, -0.25) is 9.59 Å². The van der Waals surface area contributed by atoms with E-state index in [2.05, 4.69) is 6.92 Å². The minimum Gasteiger partial charge on any atom is -0.463 e. The molecule has 5 heteroatoms. The van der Waals surface area contributed by atoms with Gasteiger partial charge in [-0.1, -0.05) is 65.2 Å². The number of ether oxygens (including phenoxy) is 3. The lowest BCUT2D eigenvalue weighted by Gasteiger charge is -2.07. The fourth-order valence-electron chi connectivity index (χ4n) is 2.46. The zero-order valence-electron chi connectivity index (χ0n) is 16.4. The summed E-state index contributed by atoms with van der Waals surface area (Å²) in [4.78, 5) is 22.7. The van der Waals surface area contributed by atoms with Gasteiger partial charge in [-0.2, -0.15) is 0 Å². The van der Waals surface area contributed by atoms with Gasteiger partial charge in [-0.25, -0.2) is 0 Å². The van der Waals surface area contributed by atoms with Crippen molar-refractivity contribution in [1.29, 1.82) is 0 Å². The fraction of sp³-hybridized carbons (Fsp3) is 0.900. The smallest absolute Gasteiger partial charge is 0.305 e. The van der Waals surface area contributed by atoms with Crippen LogP contribution in [0, 0.1) is 0 Å². The van der Waals surface area contributed by atoms with Crippen molar-refractivity contribution in [1.82, 2.24) is 0 Å². The molecule has 148 valence electrons. The quantitative estimate of drug-likeness (QED) is 0.260. The largest absolute Gasteiger partial charge is 0.463 e. The molecule has 0 aliphatic rings. The van der Waals surface area contributed by atoms with Crippen LogP contribution >= 0.6 is 0 Å². The van der Waals surface area contributed by atoms with Crippen molar-refractivity contribution < 1.29 is 23.8 Å². The molecule has 25 heavy (non-hydrogen) atoms. The Morgan fingerprint density at radius 1 is 0.560 bits per heavy atom. The van der Waals surface area contributed by atoms with E-state index in [1.165, 1.54) is 44.9 Å². The van der Waals surface area contributed by atoms with E-state index in [-0.39, 0.29) is 25.2 Å². The van der Waals surface area contributed by atoms with Crippen LogP contribution in [-0.2, 0) is 23.8 Å². The molecule has 0 spiro atoms. The highest BCUT2D eigenvalue weighted by atomic mass is 16.6. The van der Waals surface area contributed by atoms with E-state index in [9.17, 15) is 9.59 Å². The number of carbonyl (C=O) groups is 2. The molecule has 0 unspecified atom stereocenters. The van der Waals surface area contributed by atoms with Crippen LogP contribution in [0.5, 0.6) is 0 Å². The summed E-state index contributed by atoms with van der Waals surface area (Å²) in [6, 6.07) is 0. The Hall–Kier alpha value is -1.10. The highest BCUT2D eigenvalue weighted by Gasteiger charge is 2.03. The van der Waals surface area contributed by atoms with Crippen LogP contribution < -0.4 is 0 Å². The lowest BCUT2D eigenvalue weighted by Crippen LogP contribution is -2.14. The van der Waals surface area contributed by atoms with Gasteiger partial charge in [0.25, 0.3) is 0 Å². The van der Waals surface area contributed by atoms with Crippen molar-refractivity contribution in [2.45, 2.75) is 90.9 Å². The number of esters is 2. The van der Waals surface area contributed by atoms with E-state index >= 15 is 0 Å². The van der Waals surface area contributed by atoms with E-state index in [0.717, 1.165) is 19.3 Å². The molecule has 0 heterocycles.